The number of rotatable bonds is 2. The lowest BCUT2D eigenvalue weighted by Crippen LogP contribution is -2.59. The molecular formula is C12H18N2O. The van der Waals surface area contributed by atoms with E-state index in [2.05, 4.69) is 16.7 Å². The fourth-order valence-electron chi connectivity index (χ4n) is 2.58. The average Bonchev–Trinajstić information content (AvgIpc) is 2.24. The van der Waals surface area contributed by atoms with Crippen molar-refractivity contribution in [2.45, 2.75) is 19.8 Å². The van der Waals surface area contributed by atoms with Gasteiger partial charge in [-0.05, 0) is 32.9 Å². The zero-order valence-electron chi connectivity index (χ0n) is 9.33. The number of hydrogen-bond acceptors (Lipinski definition) is 2. The molecule has 0 N–H and O–H groups in total. The van der Waals surface area contributed by atoms with Crippen molar-refractivity contribution in [3.05, 3.63) is 0 Å². The van der Waals surface area contributed by atoms with Gasteiger partial charge in [-0.15, -0.1) is 5.92 Å². The fraction of sp³-hybridized carbons (Fsp3) is 0.750. The Balaban J connectivity index is 1.77. The first-order valence-corrected chi connectivity index (χ1v) is 5.59. The first-order valence-electron chi connectivity index (χ1n) is 5.59. The summed E-state index contributed by atoms with van der Waals surface area (Å²) in [7, 11) is 0. The van der Waals surface area contributed by atoms with E-state index in [0.717, 1.165) is 39.1 Å². The zero-order valence-corrected chi connectivity index (χ0v) is 9.33. The molecule has 0 bridgehead atoms. The van der Waals surface area contributed by atoms with Crippen LogP contribution < -0.4 is 0 Å². The Morgan fingerprint density at radius 1 is 1.33 bits per heavy atom. The third-order valence-electron chi connectivity index (χ3n) is 3.62. The van der Waals surface area contributed by atoms with E-state index >= 15 is 0 Å². The summed E-state index contributed by atoms with van der Waals surface area (Å²) in [6, 6.07) is 0. The molecule has 0 radical (unpaired) electrons. The highest BCUT2D eigenvalue weighted by Gasteiger charge is 2.44. The maximum absolute atomic E-state index is 10.5. The zero-order chi connectivity index (χ0) is 10.7. The van der Waals surface area contributed by atoms with Crippen molar-refractivity contribution in [3.8, 4) is 11.8 Å². The second-order valence-corrected chi connectivity index (χ2v) is 4.71. The first-order chi connectivity index (χ1) is 7.28. The Labute approximate surface area is 91.4 Å². The van der Waals surface area contributed by atoms with E-state index in [0.29, 0.717) is 5.41 Å². The van der Waals surface area contributed by atoms with Crippen molar-refractivity contribution in [2.24, 2.45) is 5.41 Å². The number of carbonyl (C=O) groups is 1. The molecule has 2 rings (SSSR count). The van der Waals surface area contributed by atoms with Gasteiger partial charge in [0.1, 0.15) is 0 Å². The van der Waals surface area contributed by atoms with Gasteiger partial charge in [-0.2, -0.15) is 0 Å². The molecule has 2 saturated heterocycles. The third-order valence-corrected chi connectivity index (χ3v) is 3.62. The molecule has 15 heavy (non-hydrogen) atoms. The van der Waals surface area contributed by atoms with Crippen molar-refractivity contribution >= 4 is 6.41 Å². The highest BCUT2D eigenvalue weighted by Crippen LogP contribution is 2.39. The van der Waals surface area contributed by atoms with E-state index in [1.54, 1.807) is 0 Å². The predicted octanol–water partition coefficient (Wildman–Crippen LogP) is 0.564. The van der Waals surface area contributed by atoms with Crippen LogP contribution in [0.3, 0.4) is 0 Å². The molecular weight excluding hydrogens is 188 g/mol. The van der Waals surface area contributed by atoms with E-state index in [1.807, 2.05) is 11.8 Å². The van der Waals surface area contributed by atoms with Gasteiger partial charge in [0.25, 0.3) is 0 Å². The predicted molar refractivity (Wildman–Crippen MR) is 59.2 cm³/mol. The maximum Gasteiger partial charge on any atom is 0.209 e. The molecule has 1 amide bonds. The van der Waals surface area contributed by atoms with Gasteiger partial charge in [0.2, 0.25) is 6.41 Å². The van der Waals surface area contributed by atoms with Gasteiger partial charge in [0.05, 0.1) is 6.54 Å². The molecule has 0 aliphatic carbocycles. The van der Waals surface area contributed by atoms with E-state index < -0.39 is 0 Å². The van der Waals surface area contributed by atoms with E-state index in [9.17, 15) is 4.79 Å². The highest BCUT2D eigenvalue weighted by molar-refractivity contribution is 5.49. The summed E-state index contributed by atoms with van der Waals surface area (Å²) in [6.07, 6.45) is 3.42. The van der Waals surface area contributed by atoms with Crippen molar-refractivity contribution in [1.29, 1.82) is 0 Å². The molecule has 0 aromatic carbocycles. The van der Waals surface area contributed by atoms with Crippen LogP contribution in [0.15, 0.2) is 0 Å². The summed E-state index contributed by atoms with van der Waals surface area (Å²) >= 11 is 0. The minimum Gasteiger partial charge on any atom is -0.344 e. The van der Waals surface area contributed by atoms with Gasteiger partial charge in [-0.25, -0.2) is 0 Å². The minimum atomic E-state index is 0.455. The van der Waals surface area contributed by atoms with Gasteiger partial charge in [-0.1, -0.05) is 5.92 Å². The molecule has 2 fully saturated rings. The molecule has 2 aliphatic heterocycles. The lowest BCUT2D eigenvalue weighted by molar-refractivity contribution is -0.132. The number of amides is 1. The van der Waals surface area contributed by atoms with Gasteiger partial charge >= 0.3 is 0 Å². The van der Waals surface area contributed by atoms with Crippen LogP contribution >= 0.6 is 0 Å². The Morgan fingerprint density at radius 2 is 2.00 bits per heavy atom. The lowest BCUT2D eigenvalue weighted by atomic mass is 9.72. The van der Waals surface area contributed by atoms with Crippen LogP contribution in [0.1, 0.15) is 19.8 Å². The normalized spacial score (nSPS) is 24.2. The van der Waals surface area contributed by atoms with Crippen LogP contribution in [0.2, 0.25) is 0 Å². The Bertz CT molecular complexity index is 286. The molecule has 0 aromatic heterocycles. The molecule has 2 heterocycles. The van der Waals surface area contributed by atoms with Crippen molar-refractivity contribution in [2.75, 3.05) is 32.7 Å². The van der Waals surface area contributed by atoms with Crippen LogP contribution in [0.4, 0.5) is 0 Å². The molecule has 82 valence electrons. The largest absolute Gasteiger partial charge is 0.344 e. The monoisotopic (exact) mass is 206 g/mol. The second-order valence-electron chi connectivity index (χ2n) is 4.71. The summed E-state index contributed by atoms with van der Waals surface area (Å²) in [5.74, 6) is 6.04. The maximum atomic E-state index is 10.5. The van der Waals surface area contributed by atoms with Crippen LogP contribution in [-0.2, 0) is 4.79 Å². The Kier molecular flexibility index (Phi) is 2.97. The topological polar surface area (TPSA) is 23.6 Å². The standard InChI is InChI=1S/C12H18N2O/c1-2-3-6-13-7-4-12(5-8-13)9-14(10-12)11-15/h11H,4-10H2,1H3. The minimum absolute atomic E-state index is 0.455. The molecule has 3 heteroatoms. The van der Waals surface area contributed by atoms with Crippen LogP contribution in [-0.4, -0.2) is 48.9 Å². The van der Waals surface area contributed by atoms with Gasteiger partial charge in [0.15, 0.2) is 0 Å². The van der Waals surface area contributed by atoms with Gasteiger partial charge < -0.3 is 4.90 Å². The number of nitrogens with zero attached hydrogens (tertiary/aromatic N) is 2. The van der Waals surface area contributed by atoms with E-state index in [-0.39, 0.29) is 0 Å². The number of carbonyl (C=O) groups excluding carboxylic acids is 1. The van der Waals surface area contributed by atoms with E-state index in [1.165, 1.54) is 12.8 Å². The summed E-state index contributed by atoms with van der Waals surface area (Å²) in [5, 5.41) is 0. The van der Waals surface area contributed by atoms with Crippen LogP contribution in [0.5, 0.6) is 0 Å². The summed E-state index contributed by atoms with van der Waals surface area (Å²) < 4.78 is 0. The molecule has 0 unspecified atom stereocenters. The molecule has 1 spiro atoms. The number of likely N-dealkylation sites (tertiary alicyclic amines) is 2. The van der Waals surface area contributed by atoms with Crippen molar-refractivity contribution < 1.29 is 4.79 Å². The summed E-state index contributed by atoms with van der Waals surface area (Å²) in [4.78, 5) is 14.8. The van der Waals surface area contributed by atoms with Crippen LogP contribution in [0.25, 0.3) is 0 Å². The van der Waals surface area contributed by atoms with E-state index in [4.69, 9.17) is 0 Å². The summed E-state index contributed by atoms with van der Waals surface area (Å²) in [6.45, 7) is 7.03. The molecule has 0 saturated carbocycles. The SMILES string of the molecule is CC#CCN1CCC2(CC1)CN(C=O)C2. The molecule has 2 aliphatic rings. The number of piperidine rings is 1. The number of hydrogen-bond donors (Lipinski definition) is 0. The van der Waals surface area contributed by atoms with Crippen LogP contribution in [0, 0.1) is 17.3 Å². The first kappa shape index (κ1) is 10.5. The fourth-order valence-corrected chi connectivity index (χ4v) is 2.58. The van der Waals surface area contributed by atoms with Gasteiger partial charge in [-0.3, -0.25) is 9.69 Å². The quantitative estimate of drug-likeness (QED) is 0.487. The smallest absolute Gasteiger partial charge is 0.209 e. The second kappa shape index (κ2) is 4.24. The van der Waals surface area contributed by atoms with Crippen molar-refractivity contribution in [1.82, 2.24) is 9.80 Å². The Hall–Kier alpha value is -1.01. The lowest BCUT2D eigenvalue weighted by Gasteiger charge is -2.52. The third kappa shape index (κ3) is 2.15. The summed E-state index contributed by atoms with van der Waals surface area (Å²) in [5.41, 5.74) is 0.455. The molecule has 0 aromatic rings. The average molecular weight is 206 g/mol. The van der Waals surface area contributed by atoms with Crippen molar-refractivity contribution in [3.63, 3.8) is 0 Å². The molecule has 0 atom stereocenters. The molecule has 3 nitrogen and oxygen atoms in total. The Morgan fingerprint density at radius 3 is 2.53 bits per heavy atom. The van der Waals surface area contributed by atoms with Gasteiger partial charge in [0, 0.05) is 18.5 Å². The highest BCUT2D eigenvalue weighted by atomic mass is 16.1.